The van der Waals surface area contributed by atoms with E-state index in [2.05, 4.69) is 46.6 Å². The molecule has 0 aromatic heterocycles. The number of rotatable bonds is 15. The summed E-state index contributed by atoms with van der Waals surface area (Å²) in [7, 11) is -2.45. The van der Waals surface area contributed by atoms with Crippen LogP contribution in [0.15, 0.2) is 0 Å². The van der Waals surface area contributed by atoms with Crippen molar-refractivity contribution in [1.29, 1.82) is 0 Å². The summed E-state index contributed by atoms with van der Waals surface area (Å²) in [5.74, 6) is 0. The van der Waals surface area contributed by atoms with Crippen molar-refractivity contribution in [2.45, 2.75) is 129 Å². The lowest BCUT2D eigenvalue weighted by molar-refractivity contribution is 0.174. The molecular weight excluding hydrogens is 312 g/mol. The molecule has 3 heteroatoms. The molecule has 0 aliphatic rings. The molecule has 140 valence electrons. The molecule has 0 radical (unpaired) electrons. The molecule has 1 nitrogen and oxygen atoms in total. The lowest BCUT2D eigenvalue weighted by Crippen LogP contribution is -2.42. The van der Waals surface area contributed by atoms with Gasteiger partial charge < -0.3 is 4.43 Å². The highest BCUT2D eigenvalue weighted by atomic mass is 28.4. The van der Waals surface area contributed by atoms with Gasteiger partial charge in [0, 0.05) is 14.2 Å². The summed E-state index contributed by atoms with van der Waals surface area (Å²) in [6.07, 6.45) is 15.8. The van der Waals surface area contributed by atoms with E-state index in [-0.39, 0.29) is 0 Å². The van der Waals surface area contributed by atoms with E-state index in [9.17, 15) is 0 Å². The molecule has 0 rings (SSSR count). The second-order valence-electron chi connectivity index (χ2n) is 9.26. The van der Waals surface area contributed by atoms with Gasteiger partial charge in [0.05, 0.1) is 0 Å². The fourth-order valence-electron chi connectivity index (χ4n) is 3.80. The third kappa shape index (κ3) is 15.7. The van der Waals surface area contributed by atoms with E-state index in [1.165, 1.54) is 76.3 Å². The van der Waals surface area contributed by atoms with Gasteiger partial charge in [0.25, 0.3) is 0 Å². The highest BCUT2D eigenvalue weighted by Gasteiger charge is 2.32. The van der Waals surface area contributed by atoms with Crippen LogP contribution in [0.3, 0.4) is 0 Å². The minimum absolute atomic E-state index is 0.526. The van der Waals surface area contributed by atoms with Gasteiger partial charge in [-0.1, -0.05) is 91.3 Å². The van der Waals surface area contributed by atoms with Gasteiger partial charge in [-0.15, -0.1) is 0 Å². The van der Waals surface area contributed by atoms with E-state index < -0.39 is 16.4 Å². The summed E-state index contributed by atoms with van der Waals surface area (Å²) in [4.78, 5) is 0. The van der Waals surface area contributed by atoms with E-state index >= 15 is 0 Å². The van der Waals surface area contributed by atoms with Crippen molar-refractivity contribution in [3.05, 3.63) is 0 Å². The van der Waals surface area contributed by atoms with Crippen LogP contribution in [0.4, 0.5) is 0 Å². The summed E-state index contributed by atoms with van der Waals surface area (Å²) in [5, 5.41) is 0. The van der Waals surface area contributed by atoms with Gasteiger partial charge in [-0.05, 0) is 31.6 Å². The Bertz CT molecular complexity index is 271. The third-order valence-corrected chi connectivity index (χ3v) is 13.1. The van der Waals surface area contributed by atoms with Gasteiger partial charge in [0.1, 0.15) is 0 Å². The lowest BCUT2D eigenvalue weighted by atomic mass is 10.0. The average molecular weight is 359 g/mol. The molecule has 0 bridgehead atoms. The lowest BCUT2D eigenvalue weighted by Gasteiger charge is -2.33. The number of hydrogen-bond acceptors (Lipinski definition) is 1. The van der Waals surface area contributed by atoms with Crippen LogP contribution in [0.25, 0.3) is 0 Å². The number of hydrogen-bond donors (Lipinski definition) is 0. The minimum Gasteiger partial charge on any atom is -0.415 e. The predicted molar refractivity (Wildman–Crippen MR) is 113 cm³/mol. The molecule has 1 unspecified atom stereocenters. The topological polar surface area (TPSA) is 9.23 Å². The molecule has 0 fully saturated rings. The summed E-state index contributed by atoms with van der Waals surface area (Å²) < 4.78 is 6.61. The van der Waals surface area contributed by atoms with Gasteiger partial charge in [-0.2, -0.15) is 0 Å². The van der Waals surface area contributed by atoms with Crippen LogP contribution in [-0.2, 0) is 4.43 Å². The normalized spacial score (nSPS) is 14.2. The van der Waals surface area contributed by atoms with E-state index in [0.717, 1.165) is 0 Å². The highest BCUT2D eigenvalue weighted by molar-refractivity contribution is 6.92. The summed E-state index contributed by atoms with van der Waals surface area (Å²) in [5.41, 5.74) is 1.40. The largest absolute Gasteiger partial charge is 0.415 e. The second-order valence-corrected chi connectivity index (χ2v) is 19.6. The van der Waals surface area contributed by atoms with Crippen molar-refractivity contribution in [3.63, 3.8) is 0 Å². The van der Waals surface area contributed by atoms with Crippen LogP contribution in [0.1, 0.15) is 84.5 Å². The first-order valence-electron chi connectivity index (χ1n) is 10.4. The van der Waals surface area contributed by atoms with Crippen molar-refractivity contribution in [2.75, 3.05) is 0 Å². The maximum absolute atomic E-state index is 6.61. The summed E-state index contributed by atoms with van der Waals surface area (Å²) in [6.45, 7) is 16.9. The molecule has 0 aliphatic heterocycles. The van der Waals surface area contributed by atoms with Crippen molar-refractivity contribution < 1.29 is 4.43 Å². The Labute approximate surface area is 150 Å². The Morgan fingerprint density at radius 1 is 0.696 bits per heavy atom. The Balaban J connectivity index is 3.77. The third-order valence-electron chi connectivity index (χ3n) is 4.53. The fourth-order valence-corrected chi connectivity index (χ4v) is 15.5. The maximum Gasteiger partial charge on any atom is 0.184 e. The van der Waals surface area contributed by atoms with Crippen LogP contribution in [0.2, 0.25) is 38.4 Å². The van der Waals surface area contributed by atoms with Crippen molar-refractivity contribution in [2.24, 2.45) is 0 Å². The smallest absolute Gasteiger partial charge is 0.184 e. The quantitative estimate of drug-likeness (QED) is 0.214. The molecule has 0 aromatic rings. The molecule has 1 atom stereocenters. The second kappa shape index (κ2) is 12.7. The van der Waals surface area contributed by atoms with Crippen molar-refractivity contribution in [1.82, 2.24) is 0 Å². The predicted octanol–water partition coefficient (Wildman–Crippen LogP) is 7.79. The Morgan fingerprint density at radius 3 is 1.61 bits per heavy atom. The van der Waals surface area contributed by atoms with Crippen molar-refractivity contribution in [3.8, 4) is 0 Å². The zero-order valence-electron chi connectivity index (χ0n) is 17.5. The first-order valence-corrected chi connectivity index (χ1v) is 17.2. The van der Waals surface area contributed by atoms with Crippen molar-refractivity contribution >= 4 is 16.4 Å². The molecular formula is C20H46OSi2. The first kappa shape index (κ1) is 23.4. The van der Waals surface area contributed by atoms with Gasteiger partial charge in [0.2, 0.25) is 0 Å². The van der Waals surface area contributed by atoms with E-state index in [1.807, 2.05) is 0 Å². The zero-order valence-corrected chi connectivity index (χ0v) is 19.5. The van der Waals surface area contributed by atoms with Crippen LogP contribution in [-0.4, -0.2) is 22.5 Å². The van der Waals surface area contributed by atoms with Crippen LogP contribution < -0.4 is 0 Å². The van der Waals surface area contributed by atoms with Gasteiger partial charge in [-0.25, -0.2) is 0 Å². The molecule has 0 saturated carbocycles. The van der Waals surface area contributed by atoms with E-state index in [1.54, 1.807) is 0 Å². The monoisotopic (exact) mass is 358 g/mol. The first-order chi connectivity index (χ1) is 10.7. The Hall–Kier alpha value is 0.394. The van der Waals surface area contributed by atoms with E-state index in [4.69, 9.17) is 4.43 Å². The molecule has 0 aromatic carbocycles. The highest BCUT2D eigenvalue weighted by Crippen LogP contribution is 2.24. The molecule has 0 heterocycles. The average Bonchev–Trinajstić information content (AvgIpc) is 2.41. The standard InChI is InChI=1S/C20H46OSi2/c1-8-10-11-12-13-14-15-16-17-18-20(9-2)21-23(6,7)19-22(3,4)5/h20H,8-19H2,1-7H3. The maximum atomic E-state index is 6.61. The SMILES string of the molecule is CCCCCCCCCCCC(CC)O[Si](C)(C)C[Si](C)(C)C. The molecule has 0 saturated heterocycles. The summed E-state index contributed by atoms with van der Waals surface area (Å²) >= 11 is 0. The molecule has 0 N–H and O–H groups in total. The summed E-state index contributed by atoms with van der Waals surface area (Å²) in [6, 6.07) is 0. The minimum atomic E-state index is -1.46. The van der Waals surface area contributed by atoms with Crippen LogP contribution in [0.5, 0.6) is 0 Å². The number of unbranched alkanes of at least 4 members (excludes halogenated alkanes) is 8. The van der Waals surface area contributed by atoms with Gasteiger partial charge >= 0.3 is 0 Å². The molecule has 0 spiro atoms. The van der Waals surface area contributed by atoms with Crippen LogP contribution in [0, 0.1) is 0 Å². The Morgan fingerprint density at radius 2 is 1.17 bits per heavy atom. The molecule has 0 aliphatic carbocycles. The molecule has 23 heavy (non-hydrogen) atoms. The fraction of sp³-hybridized carbons (Fsp3) is 1.00. The zero-order chi connectivity index (χ0) is 17.8. The van der Waals surface area contributed by atoms with E-state index in [0.29, 0.717) is 6.10 Å². The van der Waals surface area contributed by atoms with Crippen LogP contribution >= 0.6 is 0 Å². The van der Waals surface area contributed by atoms with Gasteiger partial charge in [0.15, 0.2) is 8.32 Å². The molecule has 0 amide bonds. The van der Waals surface area contributed by atoms with Gasteiger partial charge in [-0.3, -0.25) is 0 Å². The Kier molecular flexibility index (Phi) is 12.9.